The van der Waals surface area contributed by atoms with Crippen molar-refractivity contribution in [3.63, 3.8) is 0 Å². The quantitative estimate of drug-likeness (QED) is 0.743. The highest BCUT2D eigenvalue weighted by atomic mass is 19.1. The molecule has 1 amide bonds. The fourth-order valence-electron chi connectivity index (χ4n) is 2.09. The number of carbonyl (C=O) groups is 1. The normalized spacial score (nSPS) is 14.0. The standard InChI is InChI=1S/C13H14FN3O/c1-6(2)10(5-14)15-13(18)12-9-4-7-3-8(7)11(9)16-17-12/h3-4,6,10H,5H2,1-2H3,(H,15,18)(H,16,17)/t10-/m1/s1. The maximum absolute atomic E-state index is 12.8. The van der Waals surface area contributed by atoms with Crippen LogP contribution in [0.15, 0.2) is 12.1 Å². The Morgan fingerprint density at radius 1 is 1.50 bits per heavy atom. The van der Waals surface area contributed by atoms with E-state index < -0.39 is 12.7 Å². The van der Waals surface area contributed by atoms with Crippen LogP contribution in [0.5, 0.6) is 0 Å². The van der Waals surface area contributed by atoms with Gasteiger partial charge in [0.1, 0.15) is 17.9 Å². The van der Waals surface area contributed by atoms with E-state index in [2.05, 4.69) is 15.5 Å². The van der Waals surface area contributed by atoms with Crippen LogP contribution in [0.2, 0.25) is 0 Å². The molecule has 0 saturated carbocycles. The largest absolute Gasteiger partial charge is 0.345 e. The number of alkyl halides is 1. The summed E-state index contributed by atoms with van der Waals surface area (Å²) in [5.41, 5.74) is 3.49. The number of fused-ring (bicyclic) bond motifs is 3. The number of rotatable bonds is 4. The molecule has 2 aliphatic rings. The molecule has 0 fully saturated rings. The lowest BCUT2D eigenvalue weighted by atomic mass is 10.1. The zero-order chi connectivity index (χ0) is 12.9. The van der Waals surface area contributed by atoms with Gasteiger partial charge >= 0.3 is 0 Å². The minimum absolute atomic E-state index is 0.0596. The van der Waals surface area contributed by atoms with E-state index >= 15 is 0 Å². The molecule has 0 unspecified atom stereocenters. The van der Waals surface area contributed by atoms with Crippen molar-refractivity contribution in [1.29, 1.82) is 0 Å². The van der Waals surface area contributed by atoms with Crippen LogP contribution in [0.4, 0.5) is 4.39 Å². The molecule has 1 aromatic rings. The number of carbonyl (C=O) groups excluding carboxylic acids is 1. The number of aromatic amines is 1. The lowest BCUT2D eigenvalue weighted by Crippen LogP contribution is -2.40. The van der Waals surface area contributed by atoms with Crippen molar-refractivity contribution in [1.82, 2.24) is 15.5 Å². The van der Waals surface area contributed by atoms with Crippen molar-refractivity contribution in [2.24, 2.45) is 5.92 Å². The summed E-state index contributed by atoms with van der Waals surface area (Å²) in [6.45, 7) is 3.19. The number of hydrogen-bond acceptors (Lipinski definition) is 2. The summed E-state index contributed by atoms with van der Waals surface area (Å²) in [6, 6.07) is 3.49. The summed E-state index contributed by atoms with van der Waals surface area (Å²) in [5.74, 6) is -0.233. The summed E-state index contributed by atoms with van der Waals surface area (Å²) in [4.78, 5) is 12.1. The summed E-state index contributed by atoms with van der Waals surface area (Å²) >= 11 is 0. The topological polar surface area (TPSA) is 57.8 Å². The van der Waals surface area contributed by atoms with Crippen LogP contribution in [-0.4, -0.2) is 28.8 Å². The third-order valence-corrected chi connectivity index (χ3v) is 3.40. The van der Waals surface area contributed by atoms with Crippen LogP contribution < -0.4 is 5.32 Å². The number of nitrogens with zero attached hydrogens (tertiary/aromatic N) is 1. The summed E-state index contributed by atoms with van der Waals surface area (Å²) in [7, 11) is 0. The molecule has 0 radical (unpaired) electrons. The fraction of sp³-hybridized carbons (Fsp3) is 0.385. The summed E-state index contributed by atoms with van der Waals surface area (Å²) in [6.07, 6.45) is 0. The molecule has 1 atom stereocenters. The van der Waals surface area contributed by atoms with Crippen molar-refractivity contribution in [3.05, 3.63) is 17.8 Å². The summed E-state index contributed by atoms with van der Waals surface area (Å²) < 4.78 is 12.8. The average Bonchev–Trinajstić information content (AvgIpc) is 2.83. The van der Waals surface area contributed by atoms with Gasteiger partial charge in [-0.3, -0.25) is 9.89 Å². The number of aromatic nitrogens is 2. The molecule has 1 heterocycles. The van der Waals surface area contributed by atoms with E-state index in [1.54, 1.807) is 0 Å². The van der Waals surface area contributed by atoms with Gasteiger partial charge in [-0.2, -0.15) is 5.10 Å². The Balaban J connectivity index is 1.85. The second-order valence-electron chi connectivity index (χ2n) is 5.00. The predicted molar refractivity (Wildman–Crippen MR) is 67.2 cm³/mol. The van der Waals surface area contributed by atoms with E-state index in [0.29, 0.717) is 5.69 Å². The van der Waals surface area contributed by atoms with Crippen molar-refractivity contribution < 1.29 is 9.18 Å². The first-order valence-corrected chi connectivity index (χ1v) is 6.01. The molecule has 5 heteroatoms. The van der Waals surface area contributed by atoms with Gasteiger partial charge in [0.15, 0.2) is 0 Å². The van der Waals surface area contributed by atoms with E-state index in [0.717, 1.165) is 22.0 Å². The second-order valence-corrected chi connectivity index (χ2v) is 5.00. The van der Waals surface area contributed by atoms with Crippen molar-refractivity contribution in [2.45, 2.75) is 19.9 Å². The minimum Gasteiger partial charge on any atom is -0.345 e. The Morgan fingerprint density at radius 2 is 2.28 bits per heavy atom. The van der Waals surface area contributed by atoms with Crippen LogP contribution in [0.1, 0.15) is 24.3 Å². The predicted octanol–water partition coefficient (Wildman–Crippen LogP) is 2.27. The number of amides is 1. The van der Waals surface area contributed by atoms with Gasteiger partial charge in [0, 0.05) is 10.9 Å². The Morgan fingerprint density at radius 3 is 2.94 bits per heavy atom. The van der Waals surface area contributed by atoms with E-state index in [4.69, 9.17) is 0 Å². The molecule has 18 heavy (non-hydrogen) atoms. The summed E-state index contributed by atoms with van der Waals surface area (Å²) in [5, 5.41) is 10.4. The highest BCUT2D eigenvalue weighted by molar-refractivity contribution is 6.14. The van der Waals surface area contributed by atoms with Crippen LogP contribution >= 0.6 is 0 Å². The molecule has 2 N–H and O–H groups in total. The van der Waals surface area contributed by atoms with Crippen LogP contribution in [0.25, 0.3) is 22.0 Å². The maximum Gasteiger partial charge on any atom is 0.270 e. The smallest absolute Gasteiger partial charge is 0.270 e. The van der Waals surface area contributed by atoms with Gasteiger partial charge < -0.3 is 5.32 Å². The van der Waals surface area contributed by atoms with Gasteiger partial charge in [0.2, 0.25) is 0 Å². The zero-order valence-electron chi connectivity index (χ0n) is 10.2. The van der Waals surface area contributed by atoms with Crippen molar-refractivity contribution in [2.75, 3.05) is 6.67 Å². The van der Waals surface area contributed by atoms with Gasteiger partial charge in [-0.15, -0.1) is 0 Å². The highest BCUT2D eigenvalue weighted by Gasteiger charge is 2.26. The number of hydrogen-bond donors (Lipinski definition) is 2. The molecule has 0 spiro atoms. The van der Waals surface area contributed by atoms with Gasteiger partial charge in [0.25, 0.3) is 5.91 Å². The second kappa shape index (κ2) is 3.80. The third-order valence-electron chi connectivity index (χ3n) is 3.40. The maximum atomic E-state index is 12.8. The molecular weight excluding hydrogens is 233 g/mol. The molecule has 1 aromatic heterocycles. The number of halogens is 1. The van der Waals surface area contributed by atoms with E-state index in [9.17, 15) is 9.18 Å². The monoisotopic (exact) mass is 247 g/mol. The third kappa shape index (κ3) is 1.58. The number of benzene rings is 1. The molecule has 2 aliphatic carbocycles. The minimum atomic E-state index is -0.564. The molecule has 94 valence electrons. The van der Waals surface area contributed by atoms with Crippen molar-refractivity contribution in [3.8, 4) is 11.1 Å². The zero-order valence-corrected chi connectivity index (χ0v) is 10.2. The molecule has 0 bridgehead atoms. The molecule has 4 nitrogen and oxygen atoms in total. The van der Waals surface area contributed by atoms with Crippen LogP contribution in [0, 0.1) is 5.92 Å². The Bertz CT molecular complexity index is 632. The molecule has 0 aliphatic heterocycles. The van der Waals surface area contributed by atoms with Crippen molar-refractivity contribution >= 4 is 16.8 Å². The van der Waals surface area contributed by atoms with E-state index in [1.165, 1.54) is 0 Å². The average molecular weight is 247 g/mol. The Hall–Kier alpha value is -1.91. The molecular formula is C13H14FN3O. The van der Waals surface area contributed by atoms with Gasteiger partial charge in [-0.05, 0) is 23.6 Å². The first kappa shape index (κ1) is 11.2. The van der Waals surface area contributed by atoms with Gasteiger partial charge in [0.05, 0.1) is 6.04 Å². The Kier molecular flexibility index (Phi) is 2.36. The number of nitrogens with one attached hydrogen (secondary N) is 2. The fourth-order valence-corrected chi connectivity index (χ4v) is 2.09. The highest BCUT2D eigenvalue weighted by Crippen LogP contribution is 2.42. The lowest BCUT2D eigenvalue weighted by molar-refractivity contribution is 0.0913. The van der Waals surface area contributed by atoms with Crippen LogP contribution in [0.3, 0.4) is 0 Å². The van der Waals surface area contributed by atoms with Gasteiger partial charge in [-0.1, -0.05) is 13.8 Å². The first-order chi connectivity index (χ1) is 8.61. The van der Waals surface area contributed by atoms with Crippen LogP contribution in [-0.2, 0) is 0 Å². The van der Waals surface area contributed by atoms with E-state index in [-0.39, 0.29) is 11.8 Å². The molecule has 0 aromatic carbocycles. The Labute approximate surface area is 104 Å². The van der Waals surface area contributed by atoms with E-state index in [1.807, 2.05) is 26.0 Å². The van der Waals surface area contributed by atoms with Gasteiger partial charge in [-0.25, -0.2) is 4.39 Å². The first-order valence-electron chi connectivity index (χ1n) is 6.01. The lowest BCUT2D eigenvalue weighted by Gasteiger charge is -2.18. The SMILES string of the molecule is CC(C)[C@@H](CF)NC(=O)c1[nH]nc2c3cc-3cc12. The molecule has 3 rings (SSSR count). The molecule has 0 saturated heterocycles. The number of H-pyrrole nitrogens is 1.